The van der Waals surface area contributed by atoms with Crippen LogP contribution in [-0.2, 0) is 16.3 Å². The predicted octanol–water partition coefficient (Wildman–Crippen LogP) is 4.95. The first-order valence-corrected chi connectivity index (χ1v) is 13.0. The molecular weight excluding hydrogens is 484 g/mol. The number of sulfone groups is 1. The number of benzene rings is 2. The van der Waals surface area contributed by atoms with Crippen LogP contribution in [0.25, 0.3) is 0 Å². The van der Waals surface area contributed by atoms with Gasteiger partial charge in [0.05, 0.1) is 22.9 Å². The minimum absolute atomic E-state index is 0.345. The van der Waals surface area contributed by atoms with E-state index in [9.17, 15) is 8.42 Å². The number of nitrogens with zero attached hydrogens (tertiary/aromatic N) is 2. The molecule has 0 atom stereocenters. The molecule has 8 heteroatoms. The number of thiazole rings is 1. The van der Waals surface area contributed by atoms with Gasteiger partial charge in [0.2, 0.25) is 0 Å². The second-order valence-electron chi connectivity index (χ2n) is 7.30. The summed E-state index contributed by atoms with van der Waals surface area (Å²) in [7, 11) is -1.63. The second kappa shape index (κ2) is 9.08. The van der Waals surface area contributed by atoms with Crippen molar-refractivity contribution in [2.75, 3.05) is 25.1 Å². The predicted molar refractivity (Wildman–Crippen MR) is 124 cm³/mol. The largest absolute Gasteiger partial charge is 0.496 e. The number of hydrogen-bond acceptors (Lipinski definition) is 6. The highest BCUT2D eigenvalue weighted by Gasteiger charge is 2.32. The third-order valence-electron chi connectivity index (χ3n) is 5.40. The Bertz CT molecular complexity index is 1110. The van der Waals surface area contributed by atoms with Crippen LogP contribution >= 0.6 is 27.3 Å². The molecule has 0 bridgehead atoms. The van der Waals surface area contributed by atoms with Gasteiger partial charge in [0.15, 0.2) is 15.0 Å². The van der Waals surface area contributed by atoms with Gasteiger partial charge < -0.3 is 9.64 Å². The Hall–Kier alpha value is -1.90. The van der Waals surface area contributed by atoms with E-state index in [0.29, 0.717) is 30.8 Å². The maximum Gasteiger partial charge on any atom is 0.185 e. The molecule has 158 valence electrons. The van der Waals surface area contributed by atoms with Gasteiger partial charge in [-0.25, -0.2) is 13.4 Å². The van der Waals surface area contributed by atoms with Crippen molar-refractivity contribution in [3.63, 3.8) is 0 Å². The number of hydrogen-bond donors (Lipinski definition) is 0. The Morgan fingerprint density at radius 1 is 1.13 bits per heavy atom. The number of para-hydroxylation sites is 1. The molecule has 0 N–H and O–H groups in total. The van der Waals surface area contributed by atoms with E-state index in [-0.39, 0.29) is 5.25 Å². The topological polar surface area (TPSA) is 59.5 Å². The van der Waals surface area contributed by atoms with Crippen molar-refractivity contribution in [3.05, 3.63) is 69.6 Å². The Morgan fingerprint density at radius 2 is 1.83 bits per heavy atom. The first-order valence-electron chi connectivity index (χ1n) is 9.78. The SMILES string of the molecule is COc1ccccc1Cc1csc(N2CCC(S(=O)(=O)c3ccc(Br)cc3)CC2)n1. The zero-order valence-electron chi connectivity index (χ0n) is 16.6. The molecular formula is C22H23BrN2O3S2. The van der Waals surface area contributed by atoms with E-state index < -0.39 is 9.84 Å². The van der Waals surface area contributed by atoms with Crippen LogP contribution in [0.1, 0.15) is 24.1 Å². The molecule has 5 nitrogen and oxygen atoms in total. The summed E-state index contributed by atoms with van der Waals surface area (Å²) in [6.07, 6.45) is 1.94. The standard InChI is InChI=1S/C22H23BrN2O3S2/c1-28-21-5-3-2-4-16(21)14-18-15-29-22(24-18)25-12-10-20(11-13-25)30(26,27)19-8-6-17(23)7-9-19/h2-9,15,20H,10-14H2,1H3. The third-order valence-corrected chi connectivity index (χ3v) is 9.15. The molecule has 0 unspecified atom stereocenters. The average Bonchev–Trinajstić information content (AvgIpc) is 3.23. The molecule has 0 radical (unpaired) electrons. The summed E-state index contributed by atoms with van der Waals surface area (Å²) in [5, 5.41) is 2.69. The third kappa shape index (κ3) is 4.55. The first-order chi connectivity index (χ1) is 14.5. The molecule has 1 aliphatic rings. The molecule has 0 amide bonds. The van der Waals surface area contributed by atoms with Gasteiger partial charge in [-0.05, 0) is 43.2 Å². The van der Waals surface area contributed by atoms with Crippen molar-refractivity contribution in [1.82, 2.24) is 4.98 Å². The molecule has 0 aliphatic carbocycles. The fourth-order valence-corrected chi connectivity index (χ4v) is 6.62. The Morgan fingerprint density at radius 3 is 2.53 bits per heavy atom. The van der Waals surface area contributed by atoms with Gasteiger partial charge in [-0.15, -0.1) is 11.3 Å². The van der Waals surface area contributed by atoms with Crippen LogP contribution < -0.4 is 9.64 Å². The molecule has 1 aliphatic heterocycles. The van der Waals surface area contributed by atoms with Crippen LogP contribution in [0, 0.1) is 0 Å². The first kappa shape index (κ1) is 21.3. The van der Waals surface area contributed by atoms with Gasteiger partial charge in [0.25, 0.3) is 0 Å². The Labute approximate surface area is 189 Å². The Balaban J connectivity index is 1.40. The lowest BCUT2D eigenvalue weighted by Crippen LogP contribution is -2.39. The van der Waals surface area contributed by atoms with E-state index in [2.05, 4.69) is 32.3 Å². The van der Waals surface area contributed by atoms with E-state index in [0.717, 1.165) is 33.0 Å². The zero-order chi connectivity index (χ0) is 21.1. The lowest BCUT2D eigenvalue weighted by Gasteiger charge is -2.31. The molecule has 2 heterocycles. The number of anilines is 1. The molecule has 1 saturated heterocycles. The highest BCUT2D eigenvalue weighted by Crippen LogP contribution is 2.30. The normalized spacial score (nSPS) is 15.3. The van der Waals surface area contributed by atoms with Crippen molar-refractivity contribution < 1.29 is 13.2 Å². The van der Waals surface area contributed by atoms with E-state index in [1.807, 2.05) is 18.2 Å². The smallest absolute Gasteiger partial charge is 0.185 e. The molecule has 30 heavy (non-hydrogen) atoms. The van der Waals surface area contributed by atoms with Crippen LogP contribution in [0.2, 0.25) is 0 Å². The maximum atomic E-state index is 13.0. The molecule has 0 saturated carbocycles. The maximum absolute atomic E-state index is 13.0. The molecule has 1 aromatic heterocycles. The zero-order valence-corrected chi connectivity index (χ0v) is 19.8. The number of rotatable bonds is 6. The number of piperidine rings is 1. The van der Waals surface area contributed by atoms with Crippen LogP contribution in [0.4, 0.5) is 5.13 Å². The van der Waals surface area contributed by atoms with Crippen LogP contribution in [0.15, 0.2) is 63.3 Å². The molecule has 2 aromatic carbocycles. The number of aromatic nitrogens is 1. The lowest BCUT2D eigenvalue weighted by molar-refractivity contribution is 0.410. The molecule has 4 rings (SSSR count). The summed E-state index contributed by atoms with van der Waals surface area (Å²) in [4.78, 5) is 7.39. The van der Waals surface area contributed by atoms with Crippen molar-refractivity contribution in [2.24, 2.45) is 0 Å². The van der Waals surface area contributed by atoms with Gasteiger partial charge in [-0.1, -0.05) is 34.1 Å². The monoisotopic (exact) mass is 506 g/mol. The quantitative estimate of drug-likeness (QED) is 0.473. The number of methoxy groups -OCH3 is 1. The van der Waals surface area contributed by atoms with E-state index in [4.69, 9.17) is 9.72 Å². The van der Waals surface area contributed by atoms with Crippen molar-refractivity contribution in [1.29, 1.82) is 0 Å². The van der Waals surface area contributed by atoms with Gasteiger partial charge in [-0.3, -0.25) is 0 Å². The van der Waals surface area contributed by atoms with Crippen LogP contribution in [0.5, 0.6) is 5.75 Å². The minimum Gasteiger partial charge on any atom is -0.496 e. The molecule has 1 fully saturated rings. The van der Waals surface area contributed by atoms with Crippen LogP contribution in [0.3, 0.4) is 0 Å². The summed E-state index contributed by atoms with van der Waals surface area (Å²) in [5.41, 5.74) is 2.11. The van der Waals surface area contributed by atoms with Gasteiger partial charge >= 0.3 is 0 Å². The highest BCUT2D eigenvalue weighted by molar-refractivity contribution is 9.10. The highest BCUT2D eigenvalue weighted by atomic mass is 79.9. The molecule has 3 aromatic rings. The van der Waals surface area contributed by atoms with Crippen molar-refractivity contribution in [2.45, 2.75) is 29.4 Å². The van der Waals surface area contributed by atoms with E-state index >= 15 is 0 Å². The van der Waals surface area contributed by atoms with Gasteiger partial charge in [0, 0.05) is 34.9 Å². The van der Waals surface area contributed by atoms with E-state index in [1.54, 1.807) is 42.7 Å². The summed E-state index contributed by atoms with van der Waals surface area (Å²) in [5.74, 6) is 0.867. The minimum atomic E-state index is -3.31. The van der Waals surface area contributed by atoms with Crippen molar-refractivity contribution >= 4 is 42.2 Å². The number of ether oxygens (including phenoxy) is 1. The fraction of sp³-hybridized carbons (Fsp3) is 0.318. The lowest BCUT2D eigenvalue weighted by atomic mass is 10.1. The average molecular weight is 507 g/mol. The molecule has 0 spiro atoms. The summed E-state index contributed by atoms with van der Waals surface area (Å²) >= 11 is 4.97. The Kier molecular flexibility index (Phi) is 6.46. The van der Waals surface area contributed by atoms with E-state index in [1.165, 1.54) is 0 Å². The van der Waals surface area contributed by atoms with Gasteiger partial charge in [-0.2, -0.15) is 0 Å². The number of halogens is 1. The van der Waals surface area contributed by atoms with Gasteiger partial charge in [0.1, 0.15) is 5.75 Å². The second-order valence-corrected chi connectivity index (χ2v) is 11.3. The fourth-order valence-electron chi connectivity index (χ4n) is 3.74. The summed E-state index contributed by atoms with van der Waals surface area (Å²) < 4.78 is 32.2. The van der Waals surface area contributed by atoms with Crippen LogP contribution in [-0.4, -0.2) is 38.9 Å². The summed E-state index contributed by atoms with van der Waals surface area (Å²) in [6.45, 7) is 1.39. The summed E-state index contributed by atoms with van der Waals surface area (Å²) in [6, 6.07) is 14.9. The van der Waals surface area contributed by atoms with Crippen molar-refractivity contribution in [3.8, 4) is 5.75 Å².